The van der Waals surface area contributed by atoms with Crippen molar-refractivity contribution in [3.63, 3.8) is 0 Å². The molecule has 36 heavy (non-hydrogen) atoms. The highest BCUT2D eigenvalue weighted by Crippen LogP contribution is 2.37. The van der Waals surface area contributed by atoms with Gasteiger partial charge >= 0.3 is 5.97 Å². The van der Waals surface area contributed by atoms with Crippen molar-refractivity contribution in [2.45, 2.75) is 39.5 Å². The number of nitrogens with one attached hydrogen (secondary N) is 1. The summed E-state index contributed by atoms with van der Waals surface area (Å²) < 4.78 is 41.7. The van der Waals surface area contributed by atoms with Crippen LogP contribution in [0.1, 0.15) is 39.7 Å². The van der Waals surface area contributed by atoms with E-state index in [0.29, 0.717) is 22.3 Å². The van der Waals surface area contributed by atoms with Crippen molar-refractivity contribution in [3.05, 3.63) is 82.5 Å². The van der Waals surface area contributed by atoms with Gasteiger partial charge in [-0.15, -0.1) is 0 Å². The summed E-state index contributed by atoms with van der Waals surface area (Å²) in [6.07, 6.45) is 0. The summed E-state index contributed by atoms with van der Waals surface area (Å²) in [5.74, 6) is 0.266. The first-order chi connectivity index (χ1) is 17.1. The second-order valence-electron chi connectivity index (χ2n) is 8.70. The van der Waals surface area contributed by atoms with Crippen LogP contribution in [-0.2, 0) is 14.8 Å². The van der Waals surface area contributed by atoms with Crippen LogP contribution in [0.2, 0.25) is 0 Å². The molecule has 1 aromatic heterocycles. The Hall–Kier alpha value is -3.78. The molecule has 4 aromatic rings. The van der Waals surface area contributed by atoms with Crippen LogP contribution in [0.15, 0.2) is 59.5 Å². The fourth-order valence-corrected chi connectivity index (χ4v) is 5.51. The highest BCUT2D eigenvalue weighted by molar-refractivity contribution is 7.92. The molecule has 0 saturated heterocycles. The number of hydrogen-bond donors (Lipinski definition) is 1. The van der Waals surface area contributed by atoms with Crippen molar-refractivity contribution >= 4 is 32.6 Å². The molecule has 1 heterocycles. The molecule has 0 bridgehead atoms. The topological polar surface area (TPSA) is 86.6 Å². The van der Waals surface area contributed by atoms with Gasteiger partial charge in [0.2, 0.25) is 0 Å². The largest absolute Gasteiger partial charge is 0.497 e. The second-order valence-corrected chi connectivity index (χ2v) is 10.4. The molecular weight excluding hydrogens is 476 g/mol. The second kappa shape index (κ2) is 9.70. The van der Waals surface area contributed by atoms with Gasteiger partial charge in [-0.1, -0.05) is 17.7 Å². The van der Waals surface area contributed by atoms with Crippen molar-refractivity contribution < 1.29 is 22.7 Å². The zero-order valence-corrected chi connectivity index (χ0v) is 22.1. The van der Waals surface area contributed by atoms with Crippen molar-refractivity contribution in [3.8, 4) is 11.4 Å². The number of methoxy groups -OCH3 is 1. The number of nitrogens with zero attached hydrogens (tertiary/aromatic N) is 1. The number of anilines is 1. The monoisotopic (exact) mass is 506 g/mol. The van der Waals surface area contributed by atoms with Crippen LogP contribution in [0.5, 0.6) is 5.75 Å². The van der Waals surface area contributed by atoms with Gasteiger partial charge in [-0.05, 0) is 88.2 Å². The van der Waals surface area contributed by atoms with Gasteiger partial charge in [0.25, 0.3) is 10.0 Å². The Bertz CT molecular complexity index is 1550. The highest BCUT2D eigenvalue weighted by atomic mass is 32.2. The van der Waals surface area contributed by atoms with E-state index in [1.54, 1.807) is 44.4 Å². The molecule has 4 rings (SSSR count). The first-order valence-corrected chi connectivity index (χ1v) is 13.1. The number of carbonyl (C=O) groups is 1. The van der Waals surface area contributed by atoms with Gasteiger partial charge in [-0.25, -0.2) is 13.2 Å². The molecule has 0 saturated carbocycles. The van der Waals surface area contributed by atoms with Crippen LogP contribution in [0.4, 0.5) is 5.69 Å². The summed E-state index contributed by atoms with van der Waals surface area (Å²) in [6, 6.07) is 15.9. The molecule has 8 heteroatoms. The number of aryl methyl sites for hydroxylation is 2. The van der Waals surface area contributed by atoms with Gasteiger partial charge in [0.15, 0.2) is 0 Å². The molecule has 0 aliphatic heterocycles. The number of sulfonamides is 1. The molecule has 0 aliphatic carbocycles. The Labute approximate surface area is 211 Å². The Morgan fingerprint density at radius 2 is 1.58 bits per heavy atom. The van der Waals surface area contributed by atoms with Gasteiger partial charge in [0, 0.05) is 16.8 Å². The molecule has 0 aliphatic rings. The number of carbonyl (C=O) groups excluding carboxylic acids is 1. The standard InChI is InChI=1S/C28H30N2O5S/c1-7-35-28(31)26-20(5)30(21-10-12-22(34-6)13-11-21)27-19(4)18(3)25(16-24(26)27)29-36(32,33)23-14-8-17(2)9-15-23/h8-16,29H,7H2,1-6H3. The molecule has 1 N–H and O–H groups in total. The molecule has 188 valence electrons. The Morgan fingerprint density at radius 1 is 0.944 bits per heavy atom. The van der Waals surface area contributed by atoms with E-state index < -0.39 is 16.0 Å². The number of aromatic nitrogens is 1. The minimum Gasteiger partial charge on any atom is -0.497 e. The predicted molar refractivity (Wildman–Crippen MR) is 142 cm³/mol. The Kier molecular flexibility index (Phi) is 6.82. The van der Waals surface area contributed by atoms with Crippen molar-refractivity contribution in [2.24, 2.45) is 0 Å². The van der Waals surface area contributed by atoms with Gasteiger partial charge in [-0.2, -0.15) is 0 Å². The lowest BCUT2D eigenvalue weighted by atomic mass is 10.0. The van der Waals surface area contributed by atoms with E-state index in [9.17, 15) is 13.2 Å². The average molecular weight is 507 g/mol. The third kappa shape index (κ3) is 4.44. The lowest BCUT2D eigenvalue weighted by Crippen LogP contribution is -2.14. The van der Waals surface area contributed by atoms with Crippen LogP contribution in [0, 0.1) is 27.7 Å². The maximum Gasteiger partial charge on any atom is 0.340 e. The normalized spacial score (nSPS) is 11.5. The number of esters is 1. The van der Waals surface area contributed by atoms with E-state index in [2.05, 4.69) is 4.72 Å². The molecule has 0 unspecified atom stereocenters. The van der Waals surface area contributed by atoms with E-state index in [-0.39, 0.29) is 11.5 Å². The van der Waals surface area contributed by atoms with Crippen molar-refractivity contribution in [1.82, 2.24) is 4.57 Å². The van der Waals surface area contributed by atoms with Crippen LogP contribution < -0.4 is 9.46 Å². The van der Waals surface area contributed by atoms with Crippen LogP contribution >= 0.6 is 0 Å². The lowest BCUT2D eigenvalue weighted by Gasteiger charge is -2.16. The zero-order chi connectivity index (χ0) is 26.2. The lowest BCUT2D eigenvalue weighted by molar-refractivity contribution is 0.0527. The number of ether oxygens (including phenoxy) is 2. The molecule has 3 aromatic carbocycles. The number of hydrogen-bond acceptors (Lipinski definition) is 5. The molecule has 7 nitrogen and oxygen atoms in total. The van der Waals surface area contributed by atoms with Crippen LogP contribution in [0.3, 0.4) is 0 Å². The summed E-state index contributed by atoms with van der Waals surface area (Å²) in [6.45, 7) is 9.54. The molecule has 0 fully saturated rings. The molecule has 0 atom stereocenters. The summed E-state index contributed by atoms with van der Waals surface area (Å²) in [5, 5.41) is 0.617. The average Bonchev–Trinajstić information content (AvgIpc) is 3.14. The fraction of sp³-hybridized carbons (Fsp3) is 0.250. The smallest absolute Gasteiger partial charge is 0.340 e. The number of benzene rings is 3. The summed E-state index contributed by atoms with van der Waals surface area (Å²) in [5.41, 5.74) is 5.77. The summed E-state index contributed by atoms with van der Waals surface area (Å²) in [4.78, 5) is 13.2. The maximum atomic E-state index is 13.2. The fourth-order valence-electron chi connectivity index (χ4n) is 4.40. The quantitative estimate of drug-likeness (QED) is 0.318. The first kappa shape index (κ1) is 25.3. The Morgan fingerprint density at radius 3 is 2.17 bits per heavy atom. The SMILES string of the molecule is CCOC(=O)c1c(C)n(-c2ccc(OC)cc2)c2c(C)c(C)c(NS(=O)(=O)c3ccc(C)cc3)cc12. The van der Waals surface area contributed by atoms with Gasteiger partial charge in [0.05, 0.1) is 35.4 Å². The highest BCUT2D eigenvalue weighted by Gasteiger charge is 2.26. The maximum absolute atomic E-state index is 13.2. The third-order valence-corrected chi connectivity index (χ3v) is 7.82. The minimum atomic E-state index is -3.83. The van der Waals surface area contributed by atoms with Gasteiger partial charge < -0.3 is 14.0 Å². The summed E-state index contributed by atoms with van der Waals surface area (Å²) in [7, 11) is -2.22. The van der Waals surface area contributed by atoms with E-state index in [4.69, 9.17) is 9.47 Å². The molecule has 0 radical (unpaired) electrons. The van der Waals surface area contributed by atoms with Crippen molar-refractivity contribution in [2.75, 3.05) is 18.4 Å². The minimum absolute atomic E-state index is 0.169. The van der Waals surface area contributed by atoms with Gasteiger partial charge in [0.1, 0.15) is 5.75 Å². The van der Waals surface area contributed by atoms with Gasteiger partial charge in [-0.3, -0.25) is 4.72 Å². The van der Waals surface area contributed by atoms with E-state index in [1.807, 2.05) is 56.5 Å². The van der Waals surface area contributed by atoms with E-state index in [1.165, 1.54) is 0 Å². The zero-order valence-electron chi connectivity index (χ0n) is 21.3. The van der Waals surface area contributed by atoms with Crippen LogP contribution in [-0.4, -0.2) is 32.7 Å². The third-order valence-electron chi connectivity index (χ3n) is 6.44. The number of fused-ring (bicyclic) bond motifs is 1. The predicted octanol–water partition coefficient (Wildman–Crippen LogP) is 5.85. The first-order valence-electron chi connectivity index (χ1n) is 11.6. The molecular formula is C28H30N2O5S. The van der Waals surface area contributed by atoms with E-state index >= 15 is 0 Å². The molecule has 0 amide bonds. The number of rotatable bonds is 7. The Balaban J connectivity index is 1.95. The molecule has 0 spiro atoms. The van der Waals surface area contributed by atoms with Crippen molar-refractivity contribution in [1.29, 1.82) is 0 Å². The van der Waals surface area contributed by atoms with E-state index in [0.717, 1.165) is 33.6 Å². The summed E-state index contributed by atoms with van der Waals surface area (Å²) >= 11 is 0. The van der Waals surface area contributed by atoms with Crippen LogP contribution in [0.25, 0.3) is 16.6 Å².